The number of carboxylic acid groups (broad SMARTS) is 1. The molecule has 0 bridgehead atoms. The first-order chi connectivity index (χ1) is 10.0. The fourth-order valence-corrected chi connectivity index (χ4v) is 2.38. The third-order valence-corrected chi connectivity index (χ3v) is 3.57. The van der Waals surface area contributed by atoms with Gasteiger partial charge in [-0.15, -0.1) is 0 Å². The van der Waals surface area contributed by atoms with E-state index in [1.165, 1.54) is 0 Å². The molecule has 0 radical (unpaired) electrons. The molecule has 0 unspecified atom stereocenters. The number of nitrogen functional groups attached to an aromatic ring is 1. The molecule has 114 valence electrons. The molecule has 6 heteroatoms. The van der Waals surface area contributed by atoms with E-state index in [1.807, 2.05) is 12.1 Å². The number of hydrogen-bond acceptors (Lipinski definition) is 4. The minimum absolute atomic E-state index is 0.0679. The number of carbonyl (C=O) groups is 2. The van der Waals surface area contributed by atoms with Crippen LogP contribution in [0.15, 0.2) is 24.3 Å². The Labute approximate surface area is 123 Å². The molecule has 1 aromatic carbocycles. The molecule has 1 amide bonds. The summed E-state index contributed by atoms with van der Waals surface area (Å²) in [5.41, 5.74) is 7.24. The summed E-state index contributed by atoms with van der Waals surface area (Å²) in [4.78, 5) is 24.4. The lowest BCUT2D eigenvalue weighted by molar-refractivity contribution is -0.146. The van der Waals surface area contributed by atoms with Crippen LogP contribution in [-0.2, 0) is 20.7 Å². The molecular formula is C15H20N2O4. The normalized spacial score (nSPS) is 15.9. The van der Waals surface area contributed by atoms with Gasteiger partial charge in [0.2, 0.25) is 5.91 Å². The maximum atomic E-state index is 12.2. The van der Waals surface area contributed by atoms with Crippen LogP contribution in [0, 0.1) is 0 Å². The first-order valence-electron chi connectivity index (χ1n) is 7.00. The van der Waals surface area contributed by atoms with Gasteiger partial charge in [0.25, 0.3) is 0 Å². The standard InChI is InChI=1S/C15H20N2O4/c16-12-3-1-11(2-4-12)9-14(18)17-7-5-13(6-8-17)21-10-15(19)20/h1-4,13H,5-10,16H2,(H,19,20). The van der Waals surface area contributed by atoms with Crippen LogP contribution in [0.25, 0.3) is 0 Å². The second kappa shape index (κ2) is 7.08. The van der Waals surface area contributed by atoms with Crippen LogP contribution in [0.1, 0.15) is 18.4 Å². The first-order valence-corrected chi connectivity index (χ1v) is 7.00. The van der Waals surface area contributed by atoms with Crippen molar-refractivity contribution >= 4 is 17.6 Å². The average Bonchev–Trinajstić information content (AvgIpc) is 2.48. The van der Waals surface area contributed by atoms with E-state index in [4.69, 9.17) is 15.6 Å². The zero-order chi connectivity index (χ0) is 15.2. The van der Waals surface area contributed by atoms with Crippen molar-refractivity contribution in [2.45, 2.75) is 25.4 Å². The summed E-state index contributed by atoms with van der Waals surface area (Å²) < 4.78 is 5.25. The van der Waals surface area contributed by atoms with Gasteiger partial charge in [-0.3, -0.25) is 4.79 Å². The summed E-state index contributed by atoms with van der Waals surface area (Å²) in [6.45, 7) is 0.945. The fourth-order valence-electron chi connectivity index (χ4n) is 2.38. The van der Waals surface area contributed by atoms with Gasteiger partial charge < -0.3 is 20.5 Å². The molecule has 6 nitrogen and oxygen atoms in total. The highest BCUT2D eigenvalue weighted by Crippen LogP contribution is 2.15. The molecule has 0 spiro atoms. The van der Waals surface area contributed by atoms with Gasteiger partial charge in [-0.1, -0.05) is 12.1 Å². The zero-order valence-electron chi connectivity index (χ0n) is 11.8. The van der Waals surface area contributed by atoms with Crippen molar-refractivity contribution in [3.63, 3.8) is 0 Å². The smallest absolute Gasteiger partial charge is 0.329 e. The van der Waals surface area contributed by atoms with Crippen molar-refractivity contribution in [2.24, 2.45) is 0 Å². The third-order valence-electron chi connectivity index (χ3n) is 3.57. The number of nitrogens with two attached hydrogens (primary N) is 1. The van der Waals surface area contributed by atoms with Crippen LogP contribution in [0.2, 0.25) is 0 Å². The summed E-state index contributed by atoms with van der Waals surface area (Å²) in [7, 11) is 0. The van der Waals surface area contributed by atoms with Crippen molar-refractivity contribution in [3.05, 3.63) is 29.8 Å². The van der Waals surface area contributed by atoms with E-state index in [2.05, 4.69) is 0 Å². The number of likely N-dealkylation sites (tertiary alicyclic amines) is 1. The van der Waals surface area contributed by atoms with E-state index in [-0.39, 0.29) is 18.6 Å². The van der Waals surface area contributed by atoms with Crippen LogP contribution < -0.4 is 5.73 Å². The van der Waals surface area contributed by atoms with Gasteiger partial charge in [-0.05, 0) is 30.5 Å². The SMILES string of the molecule is Nc1ccc(CC(=O)N2CCC(OCC(=O)O)CC2)cc1. The topological polar surface area (TPSA) is 92.9 Å². The monoisotopic (exact) mass is 292 g/mol. The number of ether oxygens (including phenoxy) is 1. The van der Waals surface area contributed by atoms with Crippen molar-refractivity contribution in [3.8, 4) is 0 Å². The van der Waals surface area contributed by atoms with Crippen molar-refractivity contribution in [2.75, 3.05) is 25.4 Å². The van der Waals surface area contributed by atoms with E-state index in [0.29, 0.717) is 38.0 Å². The number of nitrogens with zero attached hydrogens (tertiary/aromatic N) is 1. The Morgan fingerprint density at radius 3 is 2.43 bits per heavy atom. The summed E-state index contributed by atoms with van der Waals surface area (Å²) >= 11 is 0. The molecule has 1 aromatic rings. The zero-order valence-corrected chi connectivity index (χ0v) is 11.8. The summed E-state index contributed by atoms with van der Waals surface area (Å²) in [6.07, 6.45) is 1.66. The first kappa shape index (κ1) is 15.3. The molecule has 0 aliphatic carbocycles. The highest BCUT2D eigenvalue weighted by molar-refractivity contribution is 5.79. The molecule has 0 atom stereocenters. The predicted molar refractivity (Wildman–Crippen MR) is 77.7 cm³/mol. The van der Waals surface area contributed by atoms with Gasteiger partial charge in [-0.2, -0.15) is 0 Å². The van der Waals surface area contributed by atoms with E-state index in [9.17, 15) is 9.59 Å². The largest absolute Gasteiger partial charge is 0.480 e. The second-order valence-electron chi connectivity index (χ2n) is 5.20. The van der Waals surface area contributed by atoms with Gasteiger partial charge in [-0.25, -0.2) is 4.79 Å². The van der Waals surface area contributed by atoms with E-state index < -0.39 is 5.97 Å². The third kappa shape index (κ3) is 4.75. The molecule has 1 aliphatic heterocycles. The number of benzene rings is 1. The van der Waals surface area contributed by atoms with E-state index >= 15 is 0 Å². The van der Waals surface area contributed by atoms with Crippen LogP contribution >= 0.6 is 0 Å². The number of anilines is 1. The van der Waals surface area contributed by atoms with E-state index in [1.54, 1.807) is 17.0 Å². The van der Waals surface area contributed by atoms with Gasteiger partial charge >= 0.3 is 5.97 Å². The average molecular weight is 292 g/mol. The van der Waals surface area contributed by atoms with Crippen LogP contribution in [0.4, 0.5) is 5.69 Å². The number of hydrogen-bond donors (Lipinski definition) is 2. The number of carboxylic acids is 1. The van der Waals surface area contributed by atoms with Crippen LogP contribution in [0.3, 0.4) is 0 Å². The Bertz CT molecular complexity index is 493. The number of aliphatic carboxylic acids is 1. The minimum atomic E-state index is -0.961. The predicted octanol–water partition coefficient (Wildman–Crippen LogP) is 0.903. The molecule has 1 aliphatic rings. The maximum Gasteiger partial charge on any atom is 0.329 e. The highest BCUT2D eigenvalue weighted by atomic mass is 16.5. The second-order valence-corrected chi connectivity index (χ2v) is 5.20. The van der Waals surface area contributed by atoms with Gasteiger partial charge in [0, 0.05) is 18.8 Å². The molecule has 1 saturated heterocycles. The molecular weight excluding hydrogens is 272 g/mol. The van der Waals surface area contributed by atoms with Crippen molar-refractivity contribution in [1.29, 1.82) is 0 Å². The summed E-state index contributed by atoms with van der Waals surface area (Å²) in [5, 5.41) is 8.57. The van der Waals surface area contributed by atoms with Crippen LogP contribution in [0.5, 0.6) is 0 Å². The molecule has 1 heterocycles. The van der Waals surface area contributed by atoms with Crippen molar-refractivity contribution in [1.82, 2.24) is 4.90 Å². The molecule has 21 heavy (non-hydrogen) atoms. The van der Waals surface area contributed by atoms with Crippen molar-refractivity contribution < 1.29 is 19.4 Å². The highest BCUT2D eigenvalue weighted by Gasteiger charge is 2.23. The van der Waals surface area contributed by atoms with E-state index in [0.717, 1.165) is 5.56 Å². The Morgan fingerprint density at radius 1 is 1.24 bits per heavy atom. The molecule has 1 fully saturated rings. The quantitative estimate of drug-likeness (QED) is 0.787. The number of carbonyl (C=O) groups excluding carboxylic acids is 1. The van der Waals surface area contributed by atoms with Gasteiger partial charge in [0.15, 0.2) is 0 Å². The molecule has 0 aromatic heterocycles. The fraction of sp³-hybridized carbons (Fsp3) is 0.467. The lowest BCUT2D eigenvalue weighted by Gasteiger charge is -2.31. The Hall–Kier alpha value is -2.08. The Kier molecular flexibility index (Phi) is 5.16. The lowest BCUT2D eigenvalue weighted by atomic mass is 10.1. The number of piperidine rings is 1. The van der Waals surface area contributed by atoms with Gasteiger partial charge in [0.05, 0.1) is 12.5 Å². The maximum absolute atomic E-state index is 12.2. The number of rotatable bonds is 5. The Balaban J connectivity index is 1.77. The lowest BCUT2D eigenvalue weighted by Crippen LogP contribution is -2.41. The van der Waals surface area contributed by atoms with Gasteiger partial charge in [0.1, 0.15) is 6.61 Å². The summed E-state index contributed by atoms with van der Waals surface area (Å²) in [5.74, 6) is -0.881. The molecule has 2 rings (SSSR count). The molecule has 0 saturated carbocycles. The van der Waals surface area contributed by atoms with Crippen LogP contribution in [-0.4, -0.2) is 47.7 Å². The number of amides is 1. The Morgan fingerprint density at radius 2 is 1.86 bits per heavy atom. The minimum Gasteiger partial charge on any atom is -0.480 e. The summed E-state index contributed by atoms with van der Waals surface area (Å²) in [6, 6.07) is 7.29. The molecule has 3 N–H and O–H groups in total.